The van der Waals surface area contributed by atoms with Gasteiger partial charge in [0.1, 0.15) is 0 Å². The van der Waals surface area contributed by atoms with Gasteiger partial charge in [0.2, 0.25) is 5.91 Å². The molecule has 4 heteroatoms. The van der Waals surface area contributed by atoms with Crippen LogP contribution in [-0.4, -0.2) is 54.5 Å². The van der Waals surface area contributed by atoms with Crippen LogP contribution in [0.15, 0.2) is 0 Å². The first kappa shape index (κ1) is 12.5. The van der Waals surface area contributed by atoms with Crippen LogP contribution in [-0.2, 0) is 4.79 Å². The highest BCUT2D eigenvalue weighted by Gasteiger charge is 2.24. The van der Waals surface area contributed by atoms with E-state index in [1.54, 1.807) is 6.92 Å². The average molecular weight is 213 g/mol. The molecule has 1 aliphatic rings. The number of nitrogens with zero attached hydrogens (tertiary/aromatic N) is 2. The molecule has 0 aromatic carbocycles. The number of amides is 1. The fourth-order valence-corrected chi connectivity index (χ4v) is 2.30. The first-order valence-corrected chi connectivity index (χ1v) is 5.88. The monoisotopic (exact) mass is 213 g/mol. The summed E-state index contributed by atoms with van der Waals surface area (Å²) < 4.78 is 0. The highest BCUT2D eigenvalue weighted by Crippen LogP contribution is 2.15. The molecule has 0 bridgehead atoms. The van der Waals surface area contributed by atoms with E-state index in [9.17, 15) is 4.79 Å². The fraction of sp³-hybridized carbons (Fsp3) is 0.909. The number of carbonyl (C=O) groups excluding carboxylic acids is 1. The minimum absolute atomic E-state index is 0.198. The first-order chi connectivity index (χ1) is 7.19. The maximum Gasteiger partial charge on any atom is 0.219 e. The summed E-state index contributed by atoms with van der Waals surface area (Å²) in [5, 5.41) is 0. The van der Waals surface area contributed by atoms with Gasteiger partial charge in [0, 0.05) is 39.1 Å². The van der Waals surface area contributed by atoms with Gasteiger partial charge in [-0.25, -0.2) is 0 Å². The summed E-state index contributed by atoms with van der Waals surface area (Å²) >= 11 is 0. The predicted molar refractivity (Wildman–Crippen MR) is 61.6 cm³/mol. The standard InChI is InChI=1S/C11H23N3O/c1-3-13(8-6-12)11-5-4-7-14(9-11)10(2)15/h11H,3-9,12H2,1-2H3. The number of likely N-dealkylation sites (N-methyl/N-ethyl adjacent to an activating group) is 1. The molecule has 1 unspecified atom stereocenters. The molecule has 0 saturated carbocycles. The molecule has 0 aromatic rings. The largest absolute Gasteiger partial charge is 0.341 e. The van der Waals surface area contributed by atoms with Crippen molar-refractivity contribution in [1.29, 1.82) is 0 Å². The van der Waals surface area contributed by atoms with E-state index in [1.807, 2.05) is 4.90 Å². The molecule has 0 aliphatic carbocycles. The molecule has 1 saturated heterocycles. The van der Waals surface area contributed by atoms with Gasteiger partial charge in [-0.3, -0.25) is 9.69 Å². The summed E-state index contributed by atoms with van der Waals surface area (Å²) in [5.41, 5.74) is 5.58. The lowest BCUT2D eigenvalue weighted by Gasteiger charge is -2.38. The van der Waals surface area contributed by atoms with E-state index < -0.39 is 0 Å². The summed E-state index contributed by atoms with van der Waals surface area (Å²) in [5.74, 6) is 0.198. The number of likely N-dealkylation sites (tertiary alicyclic amines) is 1. The summed E-state index contributed by atoms with van der Waals surface area (Å²) in [7, 11) is 0. The van der Waals surface area contributed by atoms with Crippen molar-refractivity contribution in [1.82, 2.24) is 9.80 Å². The SMILES string of the molecule is CCN(CCN)C1CCCN(C(C)=O)C1. The van der Waals surface area contributed by atoms with E-state index in [-0.39, 0.29) is 5.91 Å². The molecule has 88 valence electrons. The lowest BCUT2D eigenvalue weighted by atomic mass is 10.0. The lowest BCUT2D eigenvalue weighted by Crippen LogP contribution is -2.50. The van der Waals surface area contributed by atoms with Crippen LogP contribution in [0.5, 0.6) is 0 Å². The maximum atomic E-state index is 11.3. The zero-order valence-electron chi connectivity index (χ0n) is 9.91. The molecule has 1 amide bonds. The van der Waals surface area contributed by atoms with Crippen molar-refractivity contribution < 1.29 is 4.79 Å². The van der Waals surface area contributed by atoms with Gasteiger partial charge in [0.05, 0.1) is 0 Å². The van der Waals surface area contributed by atoms with Gasteiger partial charge < -0.3 is 10.6 Å². The minimum atomic E-state index is 0.198. The Labute approximate surface area is 92.4 Å². The van der Waals surface area contributed by atoms with Crippen molar-refractivity contribution >= 4 is 5.91 Å². The summed E-state index contributed by atoms with van der Waals surface area (Å²) in [4.78, 5) is 15.6. The zero-order valence-corrected chi connectivity index (χ0v) is 9.91. The maximum absolute atomic E-state index is 11.3. The molecule has 1 rings (SSSR count). The Hall–Kier alpha value is -0.610. The summed E-state index contributed by atoms with van der Waals surface area (Å²) in [6, 6.07) is 0.510. The molecule has 1 heterocycles. The van der Waals surface area contributed by atoms with Crippen LogP contribution in [0.2, 0.25) is 0 Å². The third-order valence-corrected chi connectivity index (χ3v) is 3.18. The Balaban J connectivity index is 2.49. The number of carbonyl (C=O) groups is 1. The van der Waals surface area contributed by atoms with Crippen LogP contribution < -0.4 is 5.73 Å². The number of hydrogen-bond donors (Lipinski definition) is 1. The molecule has 2 N–H and O–H groups in total. The lowest BCUT2D eigenvalue weighted by molar-refractivity contribution is -0.130. The Bertz CT molecular complexity index is 208. The van der Waals surface area contributed by atoms with E-state index in [4.69, 9.17) is 5.73 Å². The smallest absolute Gasteiger partial charge is 0.219 e. The second-order valence-electron chi connectivity index (χ2n) is 4.18. The molecule has 0 radical (unpaired) electrons. The van der Waals surface area contributed by atoms with Gasteiger partial charge in [0.25, 0.3) is 0 Å². The molecule has 15 heavy (non-hydrogen) atoms. The van der Waals surface area contributed by atoms with Crippen LogP contribution in [0.4, 0.5) is 0 Å². The molecular weight excluding hydrogens is 190 g/mol. The Morgan fingerprint density at radius 2 is 2.33 bits per heavy atom. The zero-order chi connectivity index (χ0) is 11.3. The second kappa shape index (κ2) is 6.08. The molecule has 0 spiro atoms. The average Bonchev–Trinajstić information content (AvgIpc) is 2.26. The third kappa shape index (κ3) is 3.47. The normalized spacial score (nSPS) is 22.1. The van der Waals surface area contributed by atoms with Crippen LogP contribution >= 0.6 is 0 Å². The Kier molecular flexibility index (Phi) is 5.05. The van der Waals surface area contributed by atoms with Crippen LogP contribution in [0.1, 0.15) is 26.7 Å². The van der Waals surface area contributed by atoms with E-state index in [0.717, 1.165) is 32.6 Å². The van der Waals surface area contributed by atoms with Crippen molar-refractivity contribution in [3.63, 3.8) is 0 Å². The molecule has 1 aliphatic heterocycles. The highest BCUT2D eigenvalue weighted by atomic mass is 16.2. The molecule has 1 fully saturated rings. The molecular formula is C11H23N3O. The summed E-state index contributed by atoms with van der Waals surface area (Å²) in [6.07, 6.45) is 2.31. The van der Waals surface area contributed by atoms with Crippen molar-refractivity contribution in [2.45, 2.75) is 32.7 Å². The van der Waals surface area contributed by atoms with Crippen molar-refractivity contribution in [2.75, 3.05) is 32.7 Å². The topological polar surface area (TPSA) is 49.6 Å². The highest BCUT2D eigenvalue weighted by molar-refractivity contribution is 5.73. The van der Waals surface area contributed by atoms with Crippen LogP contribution in [0, 0.1) is 0 Å². The molecule has 1 atom stereocenters. The van der Waals surface area contributed by atoms with Crippen molar-refractivity contribution in [2.24, 2.45) is 5.73 Å². The van der Waals surface area contributed by atoms with Gasteiger partial charge in [-0.2, -0.15) is 0 Å². The molecule has 4 nitrogen and oxygen atoms in total. The van der Waals surface area contributed by atoms with Crippen LogP contribution in [0.3, 0.4) is 0 Å². The molecule has 0 aromatic heterocycles. The van der Waals surface area contributed by atoms with Crippen molar-refractivity contribution in [3.8, 4) is 0 Å². The Morgan fingerprint density at radius 3 is 2.87 bits per heavy atom. The quantitative estimate of drug-likeness (QED) is 0.729. The number of rotatable bonds is 4. The number of hydrogen-bond acceptors (Lipinski definition) is 3. The number of nitrogens with two attached hydrogens (primary N) is 1. The van der Waals surface area contributed by atoms with E-state index in [2.05, 4.69) is 11.8 Å². The van der Waals surface area contributed by atoms with Gasteiger partial charge in [0.15, 0.2) is 0 Å². The minimum Gasteiger partial charge on any atom is -0.341 e. The fourth-order valence-electron chi connectivity index (χ4n) is 2.30. The van der Waals surface area contributed by atoms with E-state index in [1.165, 1.54) is 6.42 Å². The van der Waals surface area contributed by atoms with Gasteiger partial charge >= 0.3 is 0 Å². The van der Waals surface area contributed by atoms with Crippen molar-refractivity contribution in [3.05, 3.63) is 0 Å². The van der Waals surface area contributed by atoms with Gasteiger partial charge in [-0.1, -0.05) is 6.92 Å². The second-order valence-corrected chi connectivity index (χ2v) is 4.18. The summed E-state index contributed by atoms with van der Waals surface area (Å²) in [6.45, 7) is 8.27. The van der Waals surface area contributed by atoms with Crippen LogP contribution in [0.25, 0.3) is 0 Å². The van der Waals surface area contributed by atoms with E-state index >= 15 is 0 Å². The Morgan fingerprint density at radius 1 is 1.60 bits per heavy atom. The van der Waals surface area contributed by atoms with Gasteiger partial charge in [-0.05, 0) is 19.4 Å². The third-order valence-electron chi connectivity index (χ3n) is 3.18. The predicted octanol–water partition coefficient (Wildman–Crippen LogP) is 0.278. The number of piperidine rings is 1. The first-order valence-electron chi connectivity index (χ1n) is 5.88. The van der Waals surface area contributed by atoms with E-state index in [0.29, 0.717) is 12.6 Å². The van der Waals surface area contributed by atoms with Gasteiger partial charge in [-0.15, -0.1) is 0 Å².